The molecular formula is C2H4Cl3OPS. The van der Waals surface area contributed by atoms with Gasteiger partial charge < -0.3 is 4.52 Å². The summed E-state index contributed by atoms with van der Waals surface area (Å²) in [5.74, 6) is 0.373. The number of hydrogen-bond donors (Lipinski definition) is 0. The molecule has 0 saturated heterocycles. The summed E-state index contributed by atoms with van der Waals surface area (Å²) in [7, 11) is 0. The molecule has 0 aromatic heterocycles. The summed E-state index contributed by atoms with van der Waals surface area (Å²) >= 11 is 20.4. The van der Waals surface area contributed by atoms with Gasteiger partial charge in [0.1, 0.15) is 0 Å². The molecule has 0 unspecified atom stereocenters. The van der Waals surface area contributed by atoms with Gasteiger partial charge in [-0.15, -0.1) is 11.6 Å². The average Bonchev–Trinajstić information content (AvgIpc) is 1.59. The van der Waals surface area contributed by atoms with Crippen LogP contribution < -0.4 is 0 Å². The van der Waals surface area contributed by atoms with E-state index in [-0.39, 0.29) is 0 Å². The molecule has 0 fully saturated rings. The molecule has 0 bridgehead atoms. The quantitative estimate of drug-likeness (QED) is 0.526. The Bertz CT molecular complexity index is 101. The molecule has 0 heterocycles. The third-order valence-corrected chi connectivity index (χ3v) is 1.86. The molecule has 0 aromatic rings. The van der Waals surface area contributed by atoms with Crippen LogP contribution in [-0.4, -0.2) is 12.5 Å². The lowest BCUT2D eigenvalue weighted by atomic mass is 10.9. The van der Waals surface area contributed by atoms with Crippen LogP contribution in [0.25, 0.3) is 0 Å². The number of rotatable bonds is 3. The number of alkyl halides is 1. The van der Waals surface area contributed by atoms with Crippen molar-refractivity contribution in [2.75, 3.05) is 12.5 Å². The van der Waals surface area contributed by atoms with Gasteiger partial charge in [0.05, 0.1) is 6.61 Å². The molecule has 0 aliphatic carbocycles. The maximum Gasteiger partial charge on any atom is 0.240 e. The van der Waals surface area contributed by atoms with Gasteiger partial charge in [-0.25, -0.2) is 0 Å². The smallest absolute Gasteiger partial charge is 0.240 e. The zero-order valence-electron chi connectivity index (χ0n) is 3.81. The Kier molecular flexibility index (Phi) is 5.12. The van der Waals surface area contributed by atoms with Crippen LogP contribution in [0, 0.1) is 0 Å². The molecule has 8 heavy (non-hydrogen) atoms. The van der Waals surface area contributed by atoms with E-state index in [4.69, 9.17) is 38.6 Å². The Morgan fingerprint density at radius 1 is 1.50 bits per heavy atom. The minimum Gasteiger partial charge on any atom is -0.326 e. The van der Waals surface area contributed by atoms with Gasteiger partial charge in [0.15, 0.2) is 0 Å². The fourth-order valence-electron chi connectivity index (χ4n) is 0.141. The highest BCUT2D eigenvalue weighted by Crippen LogP contribution is 2.57. The first-order valence-corrected chi connectivity index (χ1v) is 6.82. The lowest BCUT2D eigenvalue weighted by Gasteiger charge is -2.02. The van der Waals surface area contributed by atoms with Gasteiger partial charge in [-0.3, -0.25) is 0 Å². The molecule has 6 heteroatoms. The number of hydrogen-bond acceptors (Lipinski definition) is 2. The monoisotopic (exact) mass is 212 g/mol. The Morgan fingerprint density at radius 2 is 2.00 bits per heavy atom. The van der Waals surface area contributed by atoms with Gasteiger partial charge in [0, 0.05) is 5.88 Å². The predicted octanol–water partition coefficient (Wildman–Crippen LogP) is 2.94. The molecule has 0 amide bonds. The van der Waals surface area contributed by atoms with Crippen LogP contribution in [0.15, 0.2) is 0 Å². The molecule has 0 aliphatic heterocycles. The molecule has 0 radical (unpaired) electrons. The van der Waals surface area contributed by atoms with E-state index in [1.165, 1.54) is 0 Å². The third-order valence-electron chi connectivity index (χ3n) is 0.319. The van der Waals surface area contributed by atoms with Crippen LogP contribution in [0.4, 0.5) is 0 Å². The summed E-state index contributed by atoms with van der Waals surface area (Å²) in [6.45, 7) is 0.325. The predicted molar refractivity (Wildman–Crippen MR) is 42.7 cm³/mol. The normalized spacial score (nSPS) is 11.9. The van der Waals surface area contributed by atoms with Gasteiger partial charge in [-0.1, -0.05) is 0 Å². The van der Waals surface area contributed by atoms with Crippen molar-refractivity contribution in [1.82, 2.24) is 0 Å². The van der Waals surface area contributed by atoms with Crippen molar-refractivity contribution in [3.63, 3.8) is 0 Å². The molecule has 0 N–H and O–H groups in total. The van der Waals surface area contributed by atoms with E-state index < -0.39 is 4.97 Å². The molecule has 0 aliphatic rings. The summed E-state index contributed by atoms with van der Waals surface area (Å²) in [5, 5.41) is 0. The van der Waals surface area contributed by atoms with E-state index in [0.717, 1.165) is 0 Å². The van der Waals surface area contributed by atoms with Crippen LogP contribution in [0.5, 0.6) is 0 Å². The molecule has 0 aromatic carbocycles. The number of halogens is 3. The average molecular weight is 213 g/mol. The fourth-order valence-corrected chi connectivity index (χ4v) is 1.27. The second-order valence-electron chi connectivity index (χ2n) is 0.937. The standard InChI is InChI=1S/C2H4Cl3OPS/c3-1-2-6-7(4,5)8/h1-2H2. The van der Waals surface area contributed by atoms with Crippen molar-refractivity contribution < 1.29 is 4.52 Å². The lowest BCUT2D eigenvalue weighted by Crippen LogP contribution is -1.85. The second kappa shape index (κ2) is 4.32. The van der Waals surface area contributed by atoms with Gasteiger partial charge in [0.2, 0.25) is 4.97 Å². The zero-order valence-corrected chi connectivity index (χ0v) is 7.79. The lowest BCUT2D eigenvalue weighted by molar-refractivity contribution is 0.395. The highest BCUT2D eigenvalue weighted by atomic mass is 35.9. The van der Waals surface area contributed by atoms with Crippen molar-refractivity contribution in [3.05, 3.63) is 0 Å². The molecule has 0 atom stereocenters. The third kappa shape index (κ3) is 7.48. The summed E-state index contributed by atoms with van der Waals surface area (Å²) in [6.07, 6.45) is 0. The Labute approximate surface area is 67.9 Å². The second-order valence-corrected chi connectivity index (χ2v) is 8.52. The Morgan fingerprint density at radius 3 is 2.12 bits per heavy atom. The molecular weight excluding hydrogens is 209 g/mol. The molecule has 0 spiro atoms. The maximum absolute atomic E-state index is 5.32. The van der Waals surface area contributed by atoms with Crippen LogP contribution in [0.1, 0.15) is 0 Å². The maximum atomic E-state index is 5.32. The SMILES string of the molecule is S=P(Cl)(Cl)OCCCl. The van der Waals surface area contributed by atoms with E-state index in [0.29, 0.717) is 12.5 Å². The first-order valence-electron chi connectivity index (χ1n) is 1.76. The van der Waals surface area contributed by atoms with Gasteiger partial charge in [-0.2, -0.15) is 0 Å². The Balaban J connectivity index is 3.26. The van der Waals surface area contributed by atoms with Crippen molar-refractivity contribution in [1.29, 1.82) is 0 Å². The van der Waals surface area contributed by atoms with Gasteiger partial charge in [-0.05, 0) is 34.3 Å². The highest BCUT2D eigenvalue weighted by molar-refractivity contribution is 8.36. The van der Waals surface area contributed by atoms with Crippen LogP contribution in [0.2, 0.25) is 0 Å². The largest absolute Gasteiger partial charge is 0.326 e. The molecule has 1 nitrogen and oxygen atoms in total. The van der Waals surface area contributed by atoms with E-state index >= 15 is 0 Å². The topological polar surface area (TPSA) is 9.23 Å². The summed E-state index contributed by atoms with van der Waals surface area (Å²) < 4.78 is 4.70. The molecule has 0 rings (SSSR count). The Hall–Kier alpha value is 1.48. The fraction of sp³-hybridized carbons (Fsp3) is 1.00. The van der Waals surface area contributed by atoms with E-state index in [9.17, 15) is 0 Å². The highest BCUT2D eigenvalue weighted by Gasteiger charge is 2.05. The van der Waals surface area contributed by atoms with Crippen molar-refractivity contribution in [3.8, 4) is 0 Å². The zero-order chi connectivity index (χ0) is 6.62. The minimum atomic E-state index is -2.49. The van der Waals surface area contributed by atoms with Gasteiger partial charge in [0.25, 0.3) is 0 Å². The van der Waals surface area contributed by atoms with Crippen molar-refractivity contribution in [2.24, 2.45) is 0 Å². The molecule has 0 saturated carbocycles. The minimum absolute atomic E-state index is 0.325. The van der Waals surface area contributed by atoms with Crippen molar-refractivity contribution >= 4 is 50.9 Å². The van der Waals surface area contributed by atoms with Gasteiger partial charge >= 0.3 is 0 Å². The van der Waals surface area contributed by atoms with Crippen molar-refractivity contribution in [2.45, 2.75) is 0 Å². The summed E-state index contributed by atoms with van der Waals surface area (Å²) in [6, 6.07) is 0. The summed E-state index contributed by atoms with van der Waals surface area (Å²) in [5.41, 5.74) is 0. The van der Waals surface area contributed by atoms with Crippen LogP contribution >= 0.6 is 39.1 Å². The first kappa shape index (κ1) is 9.48. The van der Waals surface area contributed by atoms with E-state index in [1.807, 2.05) is 0 Å². The van der Waals surface area contributed by atoms with E-state index in [1.54, 1.807) is 0 Å². The van der Waals surface area contributed by atoms with E-state index in [2.05, 4.69) is 11.8 Å². The van der Waals surface area contributed by atoms with Crippen LogP contribution in [0.3, 0.4) is 0 Å². The first-order chi connectivity index (χ1) is 3.56. The summed E-state index contributed by atoms with van der Waals surface area (Å²) in [4.78, 5) is -2.49. The molecule has 50 valence electrons. The van der Waals surface area contributed by atoms with Crippen LogP contribution in [-0.2, 0) is 16.3 Å².